The summed E-state index contributed by atoms with van der Waals surface area (Å²) in [5.41, 5.74) is 4.76. The van der Waals surface area contributed by atoms with Gasteiger partial charge in [0, 0.05) is 22.8 Å². The van der Waals surface area contributed by atoms with Gasteiger partial charge in [-0.15, -0.1) is 0 Å². The maximum atomic E-state index is 4.49. The Hall–Kier alpha value is -2.81. The highest BCUT2D eigenvalue weighted by Gasteiger charge is 2.05. The Bertz CT molecular complexity index is 936. The standard InChI is InChI=1S/C19H17N3/c1-13-6-8-14(9-7-13)11-20-19-10-16-15-4-2-3-5-17(15)22-18(16)12-21-19/h2-10,12,22H,11H2,1H3,(H,20,21). The summed E-state index contributed by atoms with van der Waals surface area (Å²) in [5, 5.41) is 5.84. The number of rotatable bonds is 3. The Balaban J connectivity index is 1.64. The zero-order valence-electron chi connectivity index (χ0n) is 12.4. The third-order valence-corrected chi connectivity index (χ3v) is 3.98. The minimum atomic E-state index is 0.779. The molecule has 2 heterocycles. The second kappa shape index (κ2) is 5.19. The van der Waals surface area contributed by atoms with Crippen LogP contribution in [0.1, 0.15) is 11.1 Å². The summed E-state index contributed by atoms with van der Waals surface area (Å²) in [6.45, 7) is 2.88. The number of aryl methyl sites for hydroxylation is 1. The summed E-state index contributed by atoms with van der Waals surface area (Å²) in [7, 11) is 0. The Morgan fingerprint density at radius 2 is 1.77 bits per heavy atom. The molecule has 0 atom stereocenters. The number of anilines is 1. The van der Waals surface area contributed by atoms with Gasteiger partial charge in [-0.25, -0.2) is 4.98 Å². The van der Waals surface area contributed by atoms with Crippen LogP contribution in [0.25, 0.3) is 21.8 Å². The first-order valence-electron chi connectivity index (χ1n) is 7.45. The molecule has 0 fully saturated rings. The van der Waals surface area contributed by atoms with E-state index in [2.05, 4.69) is 70.7 Å². The van der Waals surface area contributed by atoms with Gasteiger partial charge in [0.05, 0.1) is 11.7 Å². The van der Waals surface area contributed by atoms with Crippen LogP contribution in [-0.4, -0.2) is 9.97 Å². The lowest BCUT2D eigenvalue weighted by Gasteiger charge is -2.06. The van der Waals surface area contributed by atoms with Gasteiger partial charge in [-0.2, -0.15) is 0 Å². The van der Waals surface area contributed by atoms with E-state index in [4.69, 9.17) is 0 Å². The van der Waals surface area contributed by atoms with Crippen LogP contribution in [0, 0.1) is 6.92 Å². The Morgan fingerprint density at radius 1 is 0.955 bits per heavy atom. The quantitative estimate of drug-likeness (QED) is 0.576. The molecule has 0 aliphatic carbocycles. The minimum absolute atomic E-state index is 0.779. The number of fused-ring (bicyclic) bond motifs is 3. The largest absolute Gasteiger partial charge is 0.366 e. The zero-order chi connectivity index (χ0) is 14.9. The van der Waals surface area contributed by atoms with Crippen molar-refractivity contribution in [3.63, 3.8) is 0 Å². The third-order valence-electron chi connectivity index (χ3n) is 3.98. The second-order valence-electron chi connectivity index (χ2n) is 5.62. The summed E-state index contributed by atoms with van der Waals surface area (Å²) in [4.78, 5) is 7.89. The number of hydrogen-bond acceptors (Lipinski definition) is 2. The second-order valence-corrected chi connectivity index (χ2v) is 5.62. The fraction of sp³-hybridized carbons (Fsp3) is 0.105. The van der Waals surface area contributed by atoms with Gasteiger partial charge in [0.2, 0.25) is 0 Å². The van der Waals surface area contributed by atoms with E-state index >= 15 is 0 Å². The van der Waals surface area contributed by atoms with Crippen molar-refractivity contribution >= 4 is 27.6 Å². The van der Waals surface area contributed by atoms with Crippen LogP contribution in [0.3, 0.4) is 0 Å². The first-order chi connectivity index (χ1) is 10.8. The lowest BCUT2D eigenvalue weighted by Crippen LogP contribution is -2.00. The van der Waals surface area contributed by atoms with Crippen molar-refractivity contribution in [1.82, 2.24) is 9.97 Å². The molecule has 0 radical (unpaired) electrons. The molecule has 108 valence electrons. The first kappa shape index (κ1) is 12.9. The van der Waals surface area contributed by atoms with E-state index in [0.29, 0.717) is 0 Å². The summed E-state index contributed by atoms with van der Waals surface area (Å²) < 4.78 is 0. The summed E-state index contributed by atoms with van der Waals surface area (Å²) >= 11 is 0. The summed E-state index contributed by atoms with van der Waals surface area (Å²) in [6.07, 6.45) is 1.90. The molecular formula is C19H17N3. The predicted octanol–water partition coefficient (Wildman–Crippen LogP) is 4.64. The third kappa shape index (κ3) is 2.31. The molecule has 0 aliphatic rings. The van der Waals surface area contributed by atoms with Crippen LogP contribution in [0.4, 0.5) is 5.82 Å². The van der Waals surface area contributed by atoms with Gasteiger partial charge < -0.3 is 10.3 Å². The van der Waals surface area contributed by atoms with Gasteiger partial charge in [0.1, 0.15) is 5.82 Å². The van der Waals surface area contributed by atoms with Crippen LogP contribution >= 0.6 is 0 Å². The number of nitrogens with zero attached hydrogens (tertiary/aromatic N) is 1. The molecule has 0 saturated heterocycles. The molecule has 0 aliphatic heterocycles. The predicted molar refractivity (Wildman–Crippen MR) is 92.1 cm³/mol. The van der Waals surface area contributed by atoms with E-state index in [1.165, 1.54) is 21.9 Å². The zero-order valence-corrected chi connectivity index (χ0v) is 12.4. The van der Waals surface area contributed by atoms with E-state index in [-0.39, 0.29) is 0 Å². The van der Waals surface area contributed by atoms with Crippen LogP contribution in [0.2, 0.25) is 0 Å². The smallest absolute Gasteiger partial charge is 0.126 e. The van der Waals surface area contributed by atoms with E-state index in [1.807, 2.05) is 12.3 Å². The minimum Gasteiger partial charge on any atom is -0.366 e. The monoisotopic (exact) mass is 287 g/mol. The number of aromatic amines is 1. The molecule has 0 unspecified atom stereocenters. The number of hydrogen-bond donors (Lipinski definition) is 2. The molecule has 2 aromatic heterocycles. The Morgan fingerprint density at radius 3 is 2.64 bits per heavy atom. The van der Waals surface area contributed by atoms with Crippen molar-refractivity contribution in [2.75, 3.05) is 5.32 Å². The van der Waals surface area contributed by atoms with E-state index in [0.717, 1.165) is 23.4 Å². The lowest BCUT2D eigenvalue weighted by molar-refractivity contribution is 1.11. The molecule has 3 nitrogen and oxygen atoms in total. The summed E-state index contributed by atoms with van der Waals surface area (Å²) in [5.74, 6) is 0.901. The van der Waals surface area contributed by atoms with Gasteiger partial charge in [0.15, 0.2) is 0 Å². The van der Waals surface area contributed by atoms with Gasteiger partial charge >= 0.3 is 0 Å². The van der Waals surface area contributed by atoms with Crippen LogP contribution in [-0.2, 0) is 6.54 Å². The number of benzene rings is 2. The van der Waals surface area contributed by atoms with Crippen molar-refractivity contribution in [3.8, 4) is 0 Å². The number of H-pyrrole nitrogens is 1. The molecular weight excluding hydrogens is 270 g/mol. The van der Waals surface area contributed by atoms with E-state index < -0.39 is 0 Å². The summed E-state index contributed by atoms with van der Waals surface area (Å²) in [6, 6.07) is 19.0. The molecule has 22 heavy (non-hydrogen) atoms. The van der Waals surface area contributed by atoms with Gasteiger partial charge in [-0.3, -0.25) is 0 Å². The molecule has 2 N–H and O–H groups in total. The van der Waals surface area contributed by atoms with E-state index in [9.17, 15) is 0 Å². The van der Waals surface area contributed by atoms with Crippen molar-refractivity contribution in [1.29, 1.82) is 0 Å². The maximum absolute atomic E-state index is 4.49. The Kier molecular flexibility index (Phi) is 3.04. The average molecular weight is 287 g/mol. The van der Waals surface area contributed by atoms with E-state index in [1.54, 1.807) is 0 Å². The maximum Gasteiger partial charge on any atom is 0.126 e. The number of nitrogens with one attached hydrogen (secondary N) is 2. The molecule has 4 aromatic rings. The van der Waals surface area contributed by atoms with Crippen LogP contribution < -0.4 is 5.32 Å². The fourth-order valence-corrected chi connectivity index (χ4v) is 2.75. The molecule has 3 heteroatoms. The van der Waals surface area contributed by atoms with Crippen molar-refractivity contribution in [2.45, 2.75) is 13.5 Å². The first-order valence-corrected chi connectivity index (χ1v) is 7.45. The highest BCUT2D eigenvalue weighted by Crippen LogP contribution is 2.26. The molecule has 0 saturated carbocycles. The fourth-order valence-electron chi connectivity index (χ4n) is 2.75. The highest BCUT2D eigenvalue weighted by molar-refractivity contribution is 6.07. The van der Waals surface area contributed by atoms with Crippen LogP contribution in [0.5, 0.6) is 0 Å². The number of aromatic nitrogens is 2. The SMILES string of the molecule is Cc1ccc(CNc2cc3c(cn2)[nH]c2ccccc23)cc1. The highest BCUT2D eigenvalue weighted by atomic mass is 15.0. The molecule has 4 rings (SSSR count). The van der Waals surface area contributed by atoms with Crippen LogP contribution in [0.15, 0.2) is 60.8 Å². The normalized spacial score (nSPS) is 11.1. The van der Waals surface area contributed by atoms with Crippen molar-refractivity contribution < 1.29 is 0 Å². The average Bonchev–Trinajstić information content (AvgIpc) is 2.92. The van der Waals surface area contributed by atoms with Gasteiger partial charge in [-0.05, 0) is 24.6 Å². The molecule has 0 bridgehead atoms. The molecule has 0 amide bonds. The number of para-hydroxylation sites is 1. The van der Waals surface area contributed by atoms with Gasteiger partial charge in [-0.1, -0.05) is 48.0 Å². The molecule has 0 spiro atoms. The lowest BCUT2D eigenvalue weighted by atomic mass is 10.1. The topological polar surface area (TPSA) is 40.7 Å². The van der Waals surface area contributed by atoms with Crippen molar-refractivity contribution in [2.24, 2.45) is 0 Å². The molecule has 2 aromatic carbocycles. The number of pyridine rings is 1. The van der Waals surface area contributed by atoms with Crippen molar-refractivity contribution in [3.05, 3.63) is 71.9 Å². The van der Waals surface area contributed by atoms with Gasteiger partial charge in [0.25, 0.3) is 0 Å². The Labute approximate surface area is 129 Å².